The fraction of sp³-hybridized carbons (Fsp3) is 0.188. The molecule has 0 aromatic heterocycles. The Hall–Kier alpha value is -2.69. The number of aromatic carboxylic acids is 1. The van der Waals surface area contributed by atoms with Gasteiger partial charge in [0.25, 0.3) is 0 Å². The highest BCUT2D eigenvalue weighted by molar-refractivity contribution is 5.91. The third-order valence-electron chi connectivity index (χ3n) is 3.14. The van der Waals surface area contributed by atoms with Gasteiger partial charge < -0.3 is 19.3 Å². The fourth-order valence-electron chi connectivity index (χ4n) is 2.08. The van der Waals surface area contributed by atoms with Gasteiger partial charge in [0, 0.05) is 11.1 Å². The zero-order chi connectivity index (χ0) is 15.4. The van der Waals surface area contributed by atoms with Gasteiger partial charge in [-0.05, 0) is 36.4 Å². The van der Waals surface area contributed by atoms with E-state index in [0.29, 0.717) is 28.4 Å². The van der Waals surface area contributed by atoms with E-state index in [1.807, 2.05) is 0 Å². The van der Waals surface area contributed by atoms with Gasteiger partial charge in [-0.25, -0.2) is 4.79 Å². The van der Waals surface area contributed by atoms with Crippen LogP contribution in [0, 0.1) is 0 Å². The van der Waals surface area contributed by atoms with Gasteiger partial charge in [0.1, 0.15) is 17.2 Å². The molecule has 21 heavy (non-hydrogen) atoms. The third-order valence-corrected chi connectivity index (χ3v) is 3.14. The molecule has 5 nitrogen and oxygen atoms in total. The van der Waals surface area contributed by atoms with Crippen molar-refractivity contribution in [2.45, 2.75) is 0 Å². The first-order valence-corrected chi connectivity index (χ1v) is 6.24. The maximum atomic E-state index is 11.2. The Morgan fingerprint density at radius 2 is 1.43 bits per heavy atom. The van der Waals surface area contributed by atoms with Gasteiger partial charge in [0.15, 0.2) is 0 Å². The molecule has 0 unspecified atom stereocenters. The van der Waals surface area contributed by atoms with Crippen molar-refractivity contribution in [3.63, 3.8) is 0 Å². The standard InChI is InChI=1S/C16H16O5/c1-19-11-5-7-15(21-3)13(9-11)12-8-10(16(17)18)4-6-14(12)20-2/h4-9H,1-3H3,(H,17,18). The van der Waals surface area contributed by atoms with E-state index in [0.717, 1.165) is 0 Å². The lowest BCUT2D eigenvalue weighted by Gasteiger charge is -2.14. The Labute approximate surface area is 122 Å². The largest absolute Gasteiger partial charge is 0.497 e. The predicted molar refractivity (Wildman–Crippen MR) is 78.5 cm³/mol. The van der Waals surface area contributed by atoms with Crippen LogP contribution in [0.3, 0.4) is 0 Å². The maximum absolute atomic E-state index is 11.2. The van der Waals surface area contributed by atoms with Crippen LogP contribution in [0.4, 0.5) is 0 Å². The highest BCUT2D eigenvalue weighted by atomic mass is 16.5. The Bertz CT molecular complexity index is 664. The van der Waals surface area contributed by atoms with Crippen molar-refractivity contribution in [2.75, 3.05) is 21.3 Å². The molecule has 5 heteroatoms. The lowest BCUT2D eigenvalue weighted by molar-refractivity contribution is 0.0697. The van der Waals surface area contributed by atoms with Gasteiger partial charge in [0.05, 0.1) is 26.9 Å². The number of methoxy groups -OCH3 is 3. The number of carbonyl (C=O) groups is 1. The topological polar surface area (TPSA) is 65.0 Å². The summed E-state index contributed by atoms with van der Waals surface area (Å²) in [6.45, 7) is 0. The molecule has 0 spiro atoms. The van der Waals surface area contributed by atoms with Crippen LogP contribution in [0.25, 0.3) is 11.1 Å². The summed E-state index contributed by atoms with van der Waals surface area (Å²) in [5.74, 6) is 0.817. The van der Waals surface area contributed by atoms with E-state index >= 15 is 0 Å². The first-order valence-electron chi connectivity index (χ1n) is 6.24. The van der Waals surface area contributed by atoms with Crippen molar-refractivity contribution in [2.24, 2.45) is 0 Å². The molecular formula is C16H16O5. The minimum atomic E-state index is -0.999. The van der Waals surface area contributed by atoms with Gasteiger partial charge in [-0.1, -0.05) is 0 Å². The fourth-order valence-corrected chi connectivity index (χ4v) is 2.08. The molecule has 0 atom stereocenters. The molecule has 0 saturated carbocycles. The second-order valence-corrected chi connectivity index (χ2v) is 4.29. The zero-order valence-corrected chi connectivity index (χ0v) is 12.0. The Morgan fingerprint density at radius 3 is 1.95 bits per heavy atom. The predicted octanol–water partition coefficient (Wildman–Crippen LogP) is 3.08. The monoisotopic (exact) mass is 288 g/mol. The molecule has 0 fully saturated rings. The molecule has 2 aromatic rings. The minimum absolute atomic E-state index is 0.177. The van der Waals surface area contributed by atoms with Gasteiger partial charge >= 0.3 is 5.97 Å². The number of rotatable bonds is 5. The van der Waals surface area contributed by atoms with E-state index in [1.54, 1.807) is 44.6 Å². The Balaban J connectivity index is 2.68. The van der Waals surface area contributed by atoms with Crippen LogP contribution >= 0.6 is 0 Å². The summed E-state index contributed by atoms with van der Waals surface area (Å²) in [7, 11) is 4.65. The van der Waals surface area contributed by atoms with Crippen molar-refractivity contribution in [3.05, 3.63) is 42.0 Å². The van der Waals surface area contributed by atoms with E-state index < -0.39 is 5.97 Å². The van der Waals surface area contributed by atoms with Crippen LogP contribution in [-0.4, -0.2) is 32.4 Å². The molecule has 0 radical (unpaired) electrons. The molecule has 0 bridgehead atoms. The summed E-state index contributed by atoms with van der Waals surface area (Å²) < 4.78 is 15.9. The van der Waals surface area contributed by atoms with Crippen molar-refractivity contribution in [1.82, 2.24) is 0 Å². The number of carboxylic acids is 1. The van der Waals surface area contributed by atoms with Crippen molar-refractivity contribution >= 4 is 5.97 Å². The number of hydrogen-bond donors (Lipinski definition) is 1. The number of ether oxygens (including phenoxy) is 3. The SMILES string of the molecule is COc1ccc(OC)c(-c2cc(C(=O)O)ccc2OC)c1. The molecule has 2 aromatic carbocycles. The van der Waals surface area contributed by atoms with E-state index in [2.05, 4.69) is 0 Å². The summed E-state index contributed by atoms with van der Waals surface area (Å²) in [5, 5.41) is 9.15. The molecule has 110 valence electrons. The molecule has 2 rings (SSSR count). The number of carboxylic acid groups (broad SMARTS) is 1. The second kappa shape index (κ2) is 6.17. The van der Waals surface area contributed by atoms with Crippen LogP contribution < -0.4 is 14.2 Å². The van der Waals surface area contributed by atoms with Crippen LogP contribution in [0.1, 0.15) is 10.4 Å². The number of hydrogen-bond acceptors (Lipinski definition) is 4. The maximum Gasteiger partial charge on any atom is 0.335 e. The van der Waals surface area contributed by atoms with Crippen molar-refractivity contribution < 1.29 is 24.1 Å². The van der Waals surface area contributed by atoms with E-state index in [4.69, 9.17) is 19.3 Å². The molecular weight excluding hydrogens is 272 g/mol. The first-order chi connectivity index (χ1) is 10.1. The molecule has 0 aliphatic heterocycles. The van der Waals surface area contributed by atoms with Crippen molar-refractivity contribution in [3.8, 4) is 28.4 Å². The Morgan fingerprint density at radius 1 is 0.857 bits per heavy atom. The average Bonchev–Trinajstić information content (AvgIpc) is 2.53. The van der Waals surface area contributed by atoms with E-state index in [-0.39, 0.29) is 5.56 Å². The third kappa shape index (κ3) is 2.91. The quantitative estimate of drug-likeness (QED) is 0.916. The summed E-state index contributed by atoms with van der Waals surface area (Å²) in [5.41, 5.74) is 1.51. The lowest BCUT2D eigenvalue weighted by Crippen LogP contribution is -1.99. The molecule has 0 amide bonds. The molecule has 0 aliphatic carbocycles. The second-order valence-electron chi connectivity index (χ2n) is 4.29. The smallest absolute Gasteiger partial charge is 0.335 e. The van der Waals surface area contributed by atoms with Crippen LogP contribution in [0.5, 0.6) is 17.2 Å². The lowest BCUT2D eigenvalue weighted by atomic mass is 10.0. The molecule has 0 aliphatic rings. The summed E-state index contributed by atoms with van der Waals surface area (Å²) in [6, 6.07) is 9.99. The minimum Gasteiger partial charge on any atom is -0.497 e. The van der Waals surface area contributed by atoms with Crippen LogP contribution in [0.15, 0.2) is 36.4 Å². The van der Waals surface area contributed by atoms with Gasteiger partial charge in [-0.15, -0.1) is 0 Å². The normalized spacial score (nSPS) is 10.0. The molecule has 0 saturated heterocycles. The van der Waals surface area contributed by atoms with Gasteiger partial charge in [-0.2, -0.15) is 0 Å². The van der Waals surface area contributed by atoms with Crippen LogP contribution in [0.2, 0.25) is 0 Å². The first kappa shape index (κ1) is 14.7. The number of benzene rings is 2. The summed E-state index contributed by atoms with van der Waals surface area (Å²) >= 11 is 0. The highest BCUT2D eigenvalue weighted by Crippen LogP contribution is 2.39. The van der Waals surface area contributed by atoms with E-state index in [9.17, 15) is 4.79 Å². The van der Waals surface area contributed by atoms with Crippen molar-refractivity contribution in [1.29, 1.82) is 0 Å². The van der Waals surface area contributed by atoms with Gasteiger partial charge in [0.2, 0.25) is 0 Å². The molecule has 0 heterocycles. The highest BCUT2D eigenvalue weighted by Gasteiger charge is 2.15. The summed E-state index contributed by atoms with van der Waals surface area (Å²) in [6.07, 6.45) is 0. The average molecular weight is 288 g/mol. The Kier molecular flexibility index (Phi) is 4.33. The van der Waals surface area contributed by atoms with Crippen LogP contribution in [-0.2, 0) is 0 Å². The zero-order valence-electron chi connectivity index (χ0n) is 12.0. The van der Waals surface area contributed by atoms with E-state index in [1.165, 1.54) is 13.2 Å². The van der Waals surface area contributed by atoms with Gasteiger partial charge in [-0.3, -0.25) is 0 Å². The molecule has 1 N–H and O–H groups in total. The summed E-state index contributed by atoms with van der Waals surface area (Å²) in [4.78, 5) is 11.2.